The molecule has 5 nitrogen and oxygen atoms in total. The minimum absolute atomic E-state index is 0.299. The van der Waals surface area contributed by atoms with E-state index >= 15 is 0 Å². The minimum atomic E-state index is -4.38. The van der Waals surface area contributed by atoms with Crippen molar-refractivity contribution in [3.05, 3.63) is 41.6 Å². The molecule has 26 heavy (non-hydrogen) atoms. The molecule has 3 N–H and O–H groups in total. The van der Waals surface area contributed by atoms with Crippen LogP contribution < -0.4 is 5.32 Å². The standard InChI is InChI=1S/C18H22F3N3O2/c1-3-17(4-2,16(25)26)11-22-9-13-10-23-24-15(13)12-5-7-14(8-6-12)18(19,20)21/h5-8,10,22H,3-4,9,11H2,1-2H3,(H,23,24)(H,25,26). The van der Waals surface area contributed by atoms with Gasteiger partial charge in [0, 0.05) is 18.7 Å². The van der Waals surface area contributed by atoms with Crippen LogP contribution in [0.2, 0.25) is 0 Å². The van der Waals surface area contributed by atoms with Crippen molar-refractivity contribution in [2.75, 3.05) is 6.54 Å². The highest BCUT2D eigenvalue weighted by Crippen LogP contribution is 2.31. The highest BCUT2D eigenvalue weighted by atomic mass is 19.4. The Kier molecular flexibility index (Phi) is 6.07. The lowest BCUT2D eigenvalue weighted by Gasteiger charge is -2.27. The van der Waals surface area contributed by atoms with Crippen LogP contribution in [-0.2, 0) is 17.5 Å². The summed E-state index contributed by atoms with van der Waals surface area (Å²) in [6, 6.07) is 4.83. The summed E-state index contributed by atoms with van der Waals surface area (Å²) in [5, 5.41) is 19.3. The predicted molar refractivity (Wildman–Crippen MR) is 91.4 cm³/mol. The molecule has 0 saturated heterocycles. The van der Waals surface area contributed by atoms with E-state index in [1.807, 2.05) is 13.8 Å². The maximum absolute atomic E-state index is 12.7. The normalized spacial score (nSPS) is 12.3. The van der Waals surface area contributed by atoms with E-state index in [1.165, 1.54) is 12.1 Å². The first kappa shape index (κ1) is 20.0. The number of H-pyrrole nitrogens is 1. The zero-order valence-corrected chi connectivity index (χ0v) is 14.7. The second-order valence-corrected chi connectivity index (χ2v) is 6.24. The Bertz CT molecular complexity index is 735. The largest absolute Gasteiger partial charge is 0.481 e. The second-order valence-electron chi connectivity index (χ2n) is 6.24. The van der Waals surface area contributed by atoms with Gasteiger partial charge >= 0.3 is 12.1 Å². The van der Waals surface area contributed by atoms with E-state index in [-0.39, 0.29) is 0 Å². The molecule has 1 heterocycles. The van der Waals surface area contributed by atoms with E-state index in [1.54, 1.807) is 6.20 Å². The Morgan fingerprint density at radius 1 is 1.19 bits per heavy atom. The molecule has 142 valence electrons. The summed E-state index contributed by atoms with van der Waals surface area (Å²) in [5.41, 5.74) is 0.412. The number of aromatic nitrogens is 2. The highest BCUT2D eigenvalue weighted by molar-refractivity contribution is 5.74. The van der Waals surface area contributed by atoms with Crippen LogP contribution in [-0.4, -0.2) is 27.8 Å². The van der Waals surface area contributed by atoms with Crippen LogP contribution in [0, 0.1) is 5.41 Å². The van der Waals surface area contributed by atoms with Gasteiger partial charge < -0.3 is 10.4 Å². The van der Waals surface area contributed by atoms with Gasteiger partial charge in [0.2, 0.25) is 0 Å². The number of halogens is 3. The lowest BCUT2D eigenvalue weighted by Crippen LogP contribution is -2.40. The Morgan fingerprint density at radius 3 is 2.31 bits per heavy atom. The van der Waals surface area contributed by atoms with Gasteiger partial charge in [-0.15, -0.1) is 0 Å². The molecule has 0 bridgehead atoms. The van der Waals surface area contributed by atoms with Crippen LogP contribution in [0.5, 0.6) is 0 Å². The van der Waals surface area contributed by atoms with E-state index in [2.05, 4.69) is 15.5 Å². The summed E-state index contributed by atoms with van der Waals surface area (Å²) >= 11 is 0. The number of alkyl halides is 3. The van der Waals surface area contributed by atoms with E-state index in [0.29, 0.717) is 37.2 Å². The van der Waals surface area contributed by atoms with Gasteiger partial charge in [0.05, 0.1) is 22.9 Å². The average molecular weight is 369 g/mol. The van der Waals surface area contributed by atoms with Gasteiger partial charge in [-0.2, -0.15) is 18.3 Å². The number of benzene rings is 1. The molecule has 2 aromatic rings. The third kappa shape index (κ3) is 4.24. The summed E-state index contributed by atoms with van der Waals surface area (Å²) in [6.45, 7) is 4.34. The zero-order chi connectivity index (χ0) is 19.4. The first-order chi connectivity index (χ1) is 12.2. The molecule has 0 unspecified atom stereocenters. The van der Waals surface area contributed by atoms with E-state index in [9.17, 15) is 23.1 Å². The molecule has 0 saturated carbocycles. The number of nitrogens with one attached hydrogen (secondary N) is 2. The van der Waals surface area contributed by atoms with Gasteiger partial charge in [0.1, 0.15) is 0 Å². The lowest BCUT2D eigenvalue weighted by atomic mass is 9.82. The maximum atomic E-state index is 12.7. The van der Waals surface area contributed by atoms with Crippen LogP contribution in [0.15, 0.2) is 30.5 Å². The van der Waals surface area contributed by atoms with Crippen molar-refractivity contribution >= 4 is 5.97 Å². The maximum Gasteiger partial charge on any atom is 0.416 e. The Morgan fingerprint density at radius 2 is 1.81 bits per heavy atom. The minimum Gasteiger partial charge on any atom is -0.481 e. The molecule has 0 amide bonds. The SMILES string of the molecule is CCC(CC)(CNCc1cn[nH]c1-c1ccc(C(F)(F)F)cc1)C(=O)O. The molecule has 0 atom stereocenters. The van der Waals surface area contributed by atoms with Gasteiger partial charge in [-0.3, -0.25) is 9.89 Å². The molecule has 0 aliphatic heterocycles. The molecular formula is C18H22F3N3O2. The molecule has 2 rings (SSSR count). The average Bonchev–Trinajstić information content (AvgIpc) is 3.06. The quantitative estimate of drug-likeness (QED) is 0.655. The molecule has 8 heteroatoms. The number of carboxylic acid groups (broad SMARTS) is 1. The van der Waals surface area contributed by atoms with Crippen molar-refractivity contribution in [1.82, 2.24) is 15.5 Å². The van der Waals surface area contributed by atoms with E-state index < -0.39 is 23.1 Å². The number of nitrogens with zero attached hydrogens (tertiary/aromatic N) is 1. The molecule has 0 fully saturated rings. The molecule has 1 aromatic heterocycles. The number of rotatable bonds is 8. The lowest BCUT2D eigenvalue weighted by molar-refractivity contribution is -0.149. The number of carbonyl (C=O) groups is 1. The third-order valence-electron chi connectivity index (χ3n) is 4.80. The van der Waals surface area contributed by atoms with Crippen molar-refractivity contribution < 1.29 is 23.1 Å². The second kappa shape index (κ2) is 7.90. The van der Waals surface area contributed by atoms with Crippen molar-refractivity contribution in [2.24, 2.45) is 5.41 Å². The molecule has 1 aromatic carbocycles. The fraction of sp³-hybridized carbons (Fsp3) is 0.444. The third-order valence-corrected chi connectivity index (χ3v) is 4.80. The van der Waals surface area contributed by atoms with E-state index in [0.717, 1.165) is 17.7 Å². The summed E-state index contributed by atoms with van der Waals surface area (Å²) in [6.07, 6.45) is -1.79. The molecular weight excluding hydrogens is 347 g/mol. The van der Waals surface area contributed by atoms with Crippen molar-refractivity contribution in [3.63, 3.8) is 0 Å². The van der Waals surface area contributed by atoms with Gasteiger partial charge in [-0.1, -0.05) is 26.0 Å². The van der Waals surface area contributed by atoms with Crippen LogP contribution in [0.4, 0.5) is 13.2 Å². The van der Waals surface area contributed by atoms with Gasteiger partial charge in [-0.25, -0.2) is 0 Å². The summed E-state index contributed by atoms with van der Waals surface area (Å²) < 4.78 is 38.0. The number of hydrogen-bond donors (Lipinski definition) is 3. The number of aliphatic carboxylic acids is 1. The van der Waals surface area contributed by atoms with Gasteiger partial charge in [-0.05, 0) is 30.5 Å². The Balaban J connectivity index is 2.10. The molecule has 0 spiro atoms. The summed E-state index contributed by atoms with van der Waals surface area (Å²) in [7, 11) is 0. The van der Waals surface area contributed by atoms with Crippen LogP contribution in [0.25, 0.3) is 11.3 Å². The van der Waals surface area contributed by atoms with Crippen molar-refractivity contribution in [3.8, 4) is 11.3 Å². The van der Waals surface area contributed by atoms with Gasteiger partial charge in [0.15, 0.2) is 0 Å². The molecule has 0 radical (unpaired) electrons. The van der Waals surface area contributed by atoms with Crippen molar-refractivity contribution in [1.29, 1.82) is 0 Å². The fourth-order valence-electron chi connectivity index (χ4n) is 2.84. The van der Waals surface area contributed by atoms with Crippen LogP contribution in [0.1, 0.15) is 37.8 Å². The predicted octanol–water partition coefficient (Wildman–Crippen LogP) is 4.08. The molecule has 0 aliphatic carbocycles. The van der Waals surface area contributed by atoms with Gasteiger partial charge in [0.25, 0.3) is 0 Å². The number of aromatic amines is 1. The van der Waals surface area contributed by atoms with Crippen LogP contribution >= 0.6 is 0 Å². The molecule has 0 aliphatic rings. The number of hydrogen-bond acceptors (Lipinski definition) is 3. The highest BCUT2D eigenvalue weighted by Gasteiger charge is 2.34. The smallest absolute Gasteiger partial charge is 0.416 e. The van der Waals surface area contributed by atoms with Crippen LogP contribution in [0.3, 0.4) is 0 Å². The first-order valence-corrected chi connectivity index (χ1v) is 8.37. The summed E-state index contributed by atoms with van der Waals surface area (Å²) in [4.78, 5) is 11.5. The van der Waals surface area contributed by atoms with E-state index in [4.69, 9.17) is 0 Å². The van der Waals surface area contributed by atoms with Crippen molar-refractivity contribution in [2.45, 2.75) is 39.4 Å². The number of carboxylic acids is 1. The topological polar surface area (TPSA) is 78.0 Å². The Labute approximate surface area is 149 Å². The monoisotopic (exact) mass is 369 g/mol. The Hall–Kier alpha value is -2.35. The summed E-state index contributed by atoms with van der Waals surface area (Å²) in [5.74, 6) is -0.842. The zero-order valence-electron chi connectivity index (χ0n) is 14.7. The first-order valence-electron chi connectivity index (χ1n) is 8.37. The fourth-order valence-corrected chi connectivity index (χ4v) is 2.84.